The van der Waals surface area contributed by atoms with Gasteiger partial charge in [0.25, 0.3) is 0 Å². The van der Waals surface area contributed by atoms with Crippen LogP contribution in [0.4, 0.5) is 0 Å². The van der Waals surface area contributed by atoms with Crippen LogP contribution < -0.4 is 5.32 Å². The van der Waals surface area contributed by atoms with Crippen LogP contribution in [0.5, 0.6) is 0 Å². The van der Waals surface area contributed by atoms with Crippen LogP contribution in [0.25, 0.3) is 0 Å². The fraction of sp³-hybridized carbons (Fsp3) is 0.833. The molecule has 0 aromatic heterocycles. The van der Waals surface area contributed by atoms with Crippen molar-refractivity contribution in [2.24, 2.45) is 29.6 Å². The topological polar surface area (TPSA) is 55.4 Å². The van der Waals surface area contributed by atoms with Crippen molar-refractivity contribution in [2.75, 3.05) is 13.7 Å². The van der Waals surface area contributed by atoms with Gasteiger partial charge in [0.05, 0.1) is 7.11 Å². The third-order valence-corrected chi connectivity index (χ3v) is 4.67. The van der Waals surface area contributed by atoms with Gasteiger partial charge in [0.2, 0.25) is 5.91 Å². The van der Waals surface area contributed by atoms with Crippen LogP contribution in [-0.4, -0.2) is 25.5 Å². The summed E-state index contributed by atoms with van der Waals surface area (Å²) in [5.74, 6) is 2.76. The number of ether oxygens (including phenoxy) is 1. The third kappa shape index (κ3) is 1.35. The molecule has 4 atom stereocenters. The molecule has 1 amide bonds. The molecule has 0 aliphatic heterocycles. The number of fused-ring (bicyclic) bond motifs is 5. The van der Waals surface area contributed by atoms with Crippen LogP contribution in [-0.2, 0) is 14.3 Å². The first-order valence-electron chi connectivity index (χ1n) is 6.07. The molecule has 4 heteroatoms. The van der Waals surface area contributed by atoms with Gasteiger partial charge in [-0.2, -0.15) is 0 Å². The fourth-order valence-corrected chi connectivity index (χ4v) is 4.02. The molecule has 3 fully saturated rings. The van der Waals surface area contributed by atoms with Gasteiger partial charge in [-0.15, -0.1) is 0 Å². The molecule has 3 saturated carbocycles. The van der Waals surface area contributed by atoms with Crippen molar-refractivity contribution in [3.8, 4) is 0 Å². The number of carbonyl (C=O) groups excluding carboxylic acids is 2. The van der Waals surface area contributed by atoms with E-state index in [1.165, 1.54) is 26.4 Å². The normalized spacial score (nSPS) is 42.7. The van der Waals surface area contributed by atoms with E-state index in [0.717, 1.165) is 11.8 Å². The first kappa shape index (κ1) is 10.1. The summed E-state index contributed by atoms with van der Waals surface area (Å²) in [4.78, 5) is 22.7. The molecule has 16 heavy (non-hydrogen) atoms. The molecule has 0 aromatic carbocycles. The number of amides is 1. The highest BCUT2D eigenvalue weighted by molar-refractivity contribution is 5.86. The standard InChI is InChI=1S/C12H17NO3/c1-16-8(14)5-13-12(15)11-9-6-2-3-7(4-6)10(9)11/h6-7,9-11H,2-5H2,1H3,(H,13,15). The first-order chi connectivity index (χ1) is 7.72. The molecule has 2 bridgehead atoms. The van der Waals surface area contributed by atoms with E-state index in [9.17, 15) is 9.59 Å². The fourth-order valence-electron chi connectivity index (χ4n) is 4.02. The number of carbonyl (C=O) groups is 2. The van der Waals surface area contributed by atoms with Crippen molar-refractivity contribution in [1.82, 2.24) is 5.32 Å². The van der Waals surface area contributed by atoms with Crippen LogP contribution in [0.3, 0.4) is 0 Å². The summed E-state index contributed by atoms with van der Waals surface area (Å²) >= 11 is 0. The SMILES string of the molecule is COC(=O)CNC(=O)C1C2C3CCC(C3)C12. The van der Waals surface area contributed by atoms with Crippen LogP contribution in [0.1, 0.15) is 19.3 Å². The second-order valence-corrected chi connectivity index (χ2v) is 5.31. The molecule has 3 aliphatic rings. The number of esters is 1. The average molecular weight is 223 g/mol. The minimum absolute atomic E-state index is 0.0145. The highest BCUT2D eigenvalue weighted by atomic mass is 16.5. The average Bonchev–Trinajstić information content (AvgIpc) is 2.74. The van der Waals surface area contributed by atoms with Crippen LogP contribution in [0.2, 0.25) is 0 Å². The lowest BCUT2D eigenvalue weighted by Gasteiger charge is -2.08. The zero-order valence-corrected chi connectivity index (χ0v) is 9.44. The Kier molecular flexibility index (Phi) is 2.19. The molecule has 1 N–H and O–H groups in total. The molecule has 0 heterocycles. The van der Waals surface area contributed by atoms with Crippen molar-refractivity contribution in [2.45, 2.75) is 19.3 Å². The zero-order valence-electron chi connectivity index (χ0n) is 9.44. The van der Waals surface area contributed by atoms with Crippen molar-refractivity contribution < 1.29 is 14.3 Å². The summed E-state index contributed by atoms with van der Waals surface area (Å²) in [7, 11) is 1.33. The van der Waals surface area contributed by atoms with Gasteiger partial charge in [-0.05, 0) is 42.9 Å². The molecule has 3 rings (SSSR count). The van der Waals surface area contributed by atoms with Crippen molar-refractivity contribution in [3.63, 3.8) is 0 Å². The summed E-state index contributed by atoms with van der Waals surface area (Å²) in [6.07, 6.45) is 3.97. The summed E-state index contributed by atoms with van der Waals surface area (Å²) in [5, 5.41) is 2.68. The molecule has 4 nitrogen and oxygen atoms in total. The first-order valence-corrected chi connectivity index (χ1v) is 6.07. The number of nitrogens with one attached hydrogen (secondary N) is 1. The highest BCUT2D eigenvalue weighted by Gasteiger charge is 2.67. The van der Waals surface area contributed by atoms with E-state index in [-0.39, 0.29) is 24.3 Å². The van der Waals surface area contributed by atoms with Gasteiger partial charge in [-0.1, -0.05) is 0 Å². The Bertz CT molecular complexity index is 325. The van der Waals surface area contributed by atoms with Crippen molar-refractivity contribution in [3.05, 3.63) is 0 Å². The lowest BCUT2D eigenvalue weighted by Crippen LogP contribution is -2.32. The minimum atomic E-state index is -0.373. The van der Waals surface area contributed by atoms with Crippen LogP contribution in [0.15, 0.2) is 0 Å². The number of hydrogen-bond donors (Lipinski definition) is 1. The maximum atomic E-state index is 11.8. The largest absolute Gasteiger partial charge is 0.468 e. The van der Waals surface area contributed by atoms with Gasteiger partial charge in [-0.25, -0.2) is 0 Å². The lowest BCUT2D eigenvalue weighted by atomic mass is 10.0. The van der Waals surface area contributed by atoms with E-state index in [1.54, 1.807) is 0 Å². The smallest absolute Gasteiger partial charge is 0.325 e. The van der Waals surface area contributed by atoms with Gasteiger partial charge < -0.3 is 10.1 Å². The Morgan fingerprint density at radius 1 is 1.25 bits per heavy atom. The van der Waals surface area contributed by atoms with Gasteiger partial charge in [0, 0.05) is 5.92 Å². The predicted molar refractivity (Wildman–Crippen MR) is 56.3 cm³/mol. The van der Waals surface area contributed by atoms with E-state index in [2.05, 4.69) is 10.1 Å². The maximum absolute atomic E-state index is 11.8. The second-order valence-electron chi connectivity index (χ2n) is 5.31. The molecule has 4 unspecified atom stereocenters. The van der Waals surface area contributed by atoms with Crippen LogP contribution in [0, 0.1) is 29.6 Å². The van der Waals surface area contributed by atoms with E-state index in [0.29, 0.717) is 11.8 Å². The predicted octanol–water partition coefficient (Wildman–Crippen LogP) is 0.568. The summed E-state index contributed by atoms with van der Waals surface area (Å²) in [6, 6.07) is 0. The molecular formula is C12H17NO3. The highest BCUT2D eigenvalue weighted by Crippen LogP contribution is 2.69. The third-order valence-electron chi connectivity index (χ3n) is 4.67. The van der Waals surface area contributed by atoms with Gasteiger partial charge >= 0.3 is 5.97 Å². The van der Waals surface area contributed by atoms with Crippen LogP contribution >= 0.6 is 0 Å². The molecule has 0 radical (unpaired) electrons. The van der Waals surface area contributed by atoms with Crippen molar-refractivity contribution in [1.29, 1.82) is 0 Å². The molecule has 88 valence electrons. The zero-order chi connectivity index (χ0) is 11.3. The molecule has 0 saturated heterocycles. The number of rotatable bonds is 3. The van der Waals surface area contributed by atoms with E-state index in [4.69, 9.17) is 0 Å². The monoisotopic (exact) mass is 223 g/mol. The van der Waals surface area contributed by atoms with E-state index < -0.39 is 0 Å². The van der Waals surface area contributed by atoms with E-state index in [1.807, 2.05) is 0 Å². The van der Waals surface area contributed by atoms with Gasteiger partial charge in [-0.3, -0.25) is 9.59 Å². The quantitative estimate of drug-likeness (QED) is 0.712. The Morgan fingerprint density at radius 2 is 1.88 bits per heavy atom. The Balaban J connectivity index is 1.53. The second kappa shape index (κ2) is 3.47. The molecular weight excluding hydrogens is 206 g/mol. The number of methoxy groups -OCH3 is 1. The van der Waals surface area contributed by atoms with Gasteiger partial charge in [0.1, 0.15) is 6.54 Å². The number of hydrogen-bond acceptors (Lipinski definition) is 3. The molecule has 0 spiro atoms. The lowest BCUT2D eigenvalue weighted by molar-refractivity contribution is -0.141. The summed E-state index contributed by atoms with van der Waals surface area (Å²) in [5.41, 5.74) is 0. The summed E-state index contributed by atoms with van der Waals surface area (Å²) in [6.45, 7) is 0.0145. The van der Waals surface area contributed by atoms with E-state index >= 15 is 0 Å². The Morgan fingerprint density at radius 3 is 2.44 bits per heavy atom. The Hall–Kier alpha value is -1.06. The summed E-state index contributed by atoms with van der Waals surface area (Å²) < 4.78 is 4.50. The molecule has 0 aromatic rings. The maximum Gasteiger partial charge on any atom is 0.325 e. The van der Waals surface area contributed by atoms with Gasteiger partial charge in [0.15, 0.2) is 0 Å². The Labute approximate surface area is 94.7 Å². The van der Waals surface area contributed by atoms with Crippen molar-refractivity contribution >= 4 is 11.9 Å². The minimum Gasteiger partial charge on any atom is -0.468 e. The molecule has 3 aliphatic carbocycles.